The molecule has 1 aromatic heterocycles. The van der Waals surface area contributed by atoms with E-state index in [4.69, 9.17) is 0 Å². The molecule has 1 aromatic carbocycles. The molecule has 1 atom stereocenters. The molecule has 3 nitrogen and oxygen atoms in total. The second-order valence-electron chi connectivity index (χ2n) is 4.34. The minimum absolute atomic E-state index is 0.536. The first-order valence-electron chi connectivity index (χ1n) is 5.98. The SMILES string of the molecule is c1ccc2c(NC3CCCSC3)nncc2c1. The van der Waals surface area contributed by atoms with Crippen LogP contribution in [0.25, 0.3) is 10.8 Å². The van der Waals surface area contributed by atoms with E-state index in [1.54, 1.807) is 0 Å². The lowest BCUT2D eigenvalue weighted by molar-refractivity contribution is 0.681. The van der Waals surface area contributed by atoms with Gasteiger partial charge in [-0.15, -0.1) is 5.10 Å². The van der Waals surface area contributed by atoms with E-state index in [0.29, 0.717) is 6.04 Å². The maximum Gasteiger partial charge on any atom is 0.156 e. The molecule has 1 aliphatic rings. The number of nitrogens with zero attached hydrogens (tertiary/aromatic N) is 2. The summed E-state index contributed by atoms with van der Waals surface area (Å²) in [6.45, 7) is 0. The molecule has 1 fully saturated rings. The predicted molar refractivity (Wildman–Crippen MR) is 73.5 cm³/mol. The summed E-state index contributed by atoms with van der Waals surface area (Å²) in [6, 6.07) is 8.79. The number of hydrogen-bond acceptors (Lipinski definition) is 4. The van der Waals surface area contributed by atoms with Gasteiger partial charge < -0.3 is 5.32 Å². The van der Waals surface area contributed by atoms with Gasteiger partial charge in [-0.2, -0.15) is 16.9 Å². The van der Waals surface area contributed by atoms with Crippen LogP contribution in [0.3, 0.4) is 0 Å². The Morgan fingerprint density at radius 1 is 1.29 bits per heavy atom. The highest BCUT2D eigenvalue weighted by molar-refractivity contribution is 7.99. The van der Waals surface area contributed by atoms with Gasteiger partial charge in [-0.1, -0.05) is 24.3 Å². The van der Waals surface area contributed by atoms with Crippen molar-refractivity contribution in [2.75, 3.05) is 16.8 Å². The second-order valence-corrected chi connectivity index (χ2v) is 5.49. The van der Waals surface area contributed by atoms with Gasteiger partial charge in [0.05, 0.1) is 6.20 Å². The van der Waals surface area contributed by atoms with Crippen molar-refractivity contribution in [2.24, 2.45) is 0 Å². The van der Waals surface area contributed by atoms with Gasteiger partial charge in [0, 0.05) is 22.6 Å². The molecule has 0 amide bonds. The predicted octanol–water partition coefficient (Wildman–Crippen LogP) is 2.94. The summed E-state index contributed by atoms with van der Waals surface area (Å²) >= 11 is 2.02. The van der Waals surface area contributed by atoms with Crippen molar-refractivity contribution in [3.63, 3.8) is 0 Å². The Bertz CT molecular complexity index is 503. The third kappa shape index (κ3) is 2.36. The lowest BCUT2D eigenvalue weighted by Gasteiger charge is -2.23. The van der Waals surface area contributed by atoms with Crippen LogP contribution in [0, 0.1) is 0 Å². The van der Waals surface area contributed by atoms with Crippen LogP contribution < -0.4 is 5.32 Å². The van der Waals surface area contributed by atoms with Crippen LogP contribution >= 0.6 is 11.8 Å². The third-order valence-electron chi connectivity index (χ3n) is 3.07. The van der Waals surface area contributed by atoms with Crippen LogP contribution in [0.4, 0.5) is 5.82 Å². The average Bonchev–Trinajstić information content (AvgIpc) is 2.40. The summed E-state index contributed by atoms with van der Waals surface area (Å²) in [6.07, 6.45) is 4.34. The van der Waals surface area contributed by atoms with E-state index < -0.39 is 0 Å². The van der Waals surface area contributed by atoms with Crippen LogP contribution in [-0.4, -0.2) is 27.7 Å². The molecule has 2 aromatic rings. The Hall–Kier alpha value is -1.29. The van der Waals surface area contributed by atoms with Crippen molar-refractivity contribution < 1.29 is 0 Å². The monoisotopic (exact) mass is 245 g/mol. The smallest absolute Gasteiger partial charge is 0.156 e. The lowest BCUT2D eigenvalue weighted by atomic mass is 10.1. The zero-order chi connectivity index (χ0) is 11.5. The van der Waals surface area contributed by atoms with Crippen molar-refractivity contribution in [3.05, 3.63) is 30.5 Å². The van der Waals surface area contributed by atoms with E-state index in [-0.39, 0.29) is 0 Å². The molecule has 1 N–H and O–H groups in total. The van der Waals surface area contributed by atoms with Crippen LogP contribution in [0.5, 0.6) is 0 Å². The number of fused-ring (bicyclic) bond motifs is 1. The lowest BCUT2D eigenvalue weighted by Crippen LogP contribution is -2.26. The van der Waals surface area contributed by atoms with E-state index in [1.807, 2.05) is 30.1 Å². The summed E-state index contributed by atoms with van der Waals surface area (Å²) in [5, 5.41) is 14.1. The van der Waals surface area contributed by atoms with Crippen LogP contribution in [0.2, 0.25) is 0 Å². The molecule has 2 heterocycles. The summed E-state index contributed by atoms with van der Waals surface area (Å²) < 4.78 is 0. The Morgan fingerprint density at radius 2 is 2.24 bits per heavy atom. The van der Waals surface area contributed by atoms with E-state index >= 15 is 0 Å². The van der Waals surface area contributed by atoms with Crippen molar-refractivity contribution in [2.45, 2.75) is 18.9 Å². The molecule has 1 aliphatic heterocycles. The van der Waals surface area contributed by atoms with Gasteiger partial charge in [0.15, 0.2) is 5.82 Å². The van der Waals surface area contributed by atoms with Crippen molar-refractivity contribution in [1.29, 1.82) is 0 Å². The molecule has 0 aliphatic carbocycles. The molecule has 4 heteroatoms. The zero-order valence-electron chi connectivity index (χ0n) is 9.60. The minimum atomic E-state index is 0.536. The second kappa shape index (κ2) is 4.92. The molecule has 17 heavy (non-hydrogen) atoms. The Kier molecular flexibility index (Phi) is 3.14. The van der Waals surface area contributed by atoms with E-state index in [1.165, 1.54) is 24.3 Å². The van der Waals surface area contributed by atoms with Crippen molar-refractivity contribution in [3.8, 4) is 0 Å². The largest absolute Gasteiger partial charge is 0.365 e. The standard InChI is InChI=1S/C13H15N3S/c1-2-6-12-10(4-1)8-14-16-13(12)15-11-5-3-7-17-9-11/h1-2,4,6,8,11H,3,5,7,9H2,(H,15,16). The number of thioether (sulfide) groups is 1. The van der Waals surface area contributed by atoms with E-state index in [2.05, 4.69) is 27.6 Å². The van der Waals surface area contributed by atoms with Gasteiger partial charge in [0.2, 0.25) is 0 Å². The summed E-state index contributed by atoms with van der Waals surface area (Å²) in [5.74, 6) is 3.39. The Morgan fingerprint density at radius 3 is 3.12 bits per heavy atom. The van der Waals surface area contributed by atoms with E-state index in [9.17, 15) is 0 Å². The number of hydrogen-bond donors (Lipinski definition) is 1. The topological polar surface area (TPSA) is 37.8 Å². The molecule has 0 radical (unpaired) electrons. The fraction of sp³-hybridized carbons (Fsp3) is 0.385. The highest BCUT2D eigenvalue weighted by atomic mass is 32.2. The molecule has 0 saturated carbocycles. The average molecular weight is 245 g/mol. The highest BCUT2D eigenvalue weighted by Gasteiger charge is 2.15. The van der Waals surface area contributed by atoms with Gasteiger partial charge in [-0.3, -0.25) is 0 Å². The molecular weight excluding hydrogens is 230 g/mol. The summed E-state index contributed by atoms with van der Waals surface area (Å²) in [4.78, 5) is 0. The molecule has 0 bridgehead atoms. The molecule has 88 valence electrons. The highest BCUT2D eigenvalue weighted by Crippen LogP contribution is 2.24. The number of rotatable bonds is 2. The number of anilines is 1. The Labute approximate surface area is 105 Å². The Balaban J connectivity index is 1.89. The van der Waals surface area contributed by atoms with Gasteiger partial charge >= 0.3 is 0 Å². The first-order valence-corrected chi connectivity index (χ1v) is 7.14. The summed E-state index contributed by atoms with van der Waals surface area (Å²) in [5.41, 5.74) is 0. The minimum Gasteiger partial charge on any atom is -0.365 e. The number of nitrogens with one attached hydrogen (secondary N) is 1. The molecule has 0 spiro atoms. The van der Waals surface area contributed by atoms with E-state index in [0.717, 1.165) is 16.6 Å². The number of benzene rings is 1. The van der Waals surface area contributed by atoms with Crippen LogP contribution in [0.15, 0.2) is 30.5 Å². The first kappa shape index (κ1) is 10.8. The van der Waals surface area contributed by atoms with Crippen LogP contribution in [-0.2, 0) is 0 Å². The fourth-order valence-electron chi connectivity index (χ4n) is 2.18. The molecule has 1 saturated heterocycles. The van der Waals surface area contributed by atoms with Crippen molar-refractivity contribution >= 4 is 28.4 Å². The van der Waals surface area contributed by atoms with Gasteiger partial charge in [-0.25, -0.2) is 0 Å². The van der Waals surface area contributed by atoms with Gasteiger partial charge in [0.25, 0.3) is 0 Å². The zero-order valence-corrected chi connectivity index (χ0v) is 10.4. The quantitative estimate of drug-likeness (QED) is 0.882. The number of aromatic nitrogens is 2. The molecule has 1 unspecified atom stereocenters. The third-order valence-corrected chi connectivity index (χ3v) is 4.29. The van der Waals surface area contributed by atoms with Gasteiger partial charge in [0.1, 0.15) is 0 Å². The first-order chi connectivity index (χ1) is 8.43. The van der Waals surface area contributed by atoms with Gasteiger partial charge in [-0.05, 0) is 18.6 Å². The molecule has 3 rings (SSSR count). The van der Waals surface area contributed by atoms with Crippen LogP contribution in [0.1, 0.15) is 12.8 Å². The maximum absolute atomic E-state index is 4.23. The van der Waals surface area contributed by atoms with Crippen molar-refractivity contribution in [1.82, 2.24) is 10.2 Å². The normalized spacial score (nSPS) is 20.4. The molecular formula is C13H15N3S. The fourth-order valence-corrected chi connectivity index (χ4v) is 3.25. The maximum atomic E-state index is 4.23. The summed E-state index contributed by atoms with van der Waals surface area (Å²) in [7, 11) is 0.